The summed E-state index contributed by atoms with van der Waals surface area (Å²) in [5.41, 5.74) is -1.80. The lowest BCUT2D eigenvalue weighted by atomic mass is 9.95. The van der Waals surface area contributed by atoms with E-state index in [-0.39, 0.29) is 67.1 Å². The summed E-state index contributed by atoms with van der Waals surface area (Å²) < 4.78 is 119. The van der Waals surface area contributed by atoms with Crippen molar-refractivity contribution >= 4 is 55.2 Å². The largest absolute Gasteiger partial charge is 0.344 e. The summed E-state index contributed by atoms with van der Waals surface area (Å²) in [5, 5.41) is 10.9. The first-order chi connectivity index (χ1) is 30.5. The summed E-state index contributed by atoms with van der Waals surface area (Å²) in [6.07, 6.45) is 0.422. The number of hydrogen-bond acceptors (Lipinski definition) is 9. The van der Waals surface area contributed by atoms with E-state index in [2.05, 4.69) is 30.2 Å². The molecule has 1 fully saturated rings. The number of aryl methyl sites for hydroxylation is 1. The number of anilines is 1. The Kier molecular flexibility index (Phi) is 10.4. The number of aromatic nitrogens is 8. The molecule has 7 aromatic rings. The van der Waals surface area contributed by atoms with Crippen molar-refractivity contribution in [3.05, 3.63) is 122 Å². The Hall–Kier alpha value is -6.35. The van der Waals surface area contributed by atoms with Crippen LogP contribution in [0.2, 0.25) is 5.02 Å². The molecule has 2 aliphatic carbocycles. The molecule has 0 saturated heterocycles. The molecule has 2 N–H and O–H groups in total. The van der Waals surface area contributed by atoms with Gasteiger partial charge in [-0.2, -0.15) is 19.0 Å². The molecular weight excluding hydrogens is 902 g/mol. The van der Waals surface area contributed by atoms with E-state index in [4.69, 9.17) is 16.6 Å². The van der Waals surface area contributed by atoms with Crippen molar-refractivity contribution in [1.82, 2.24) is 44.4 Å². The highest BCUT2D eigenvalue weighted by atomic mass is 35.5. The van der Waals surface area contributed by atoms with Crippen molar-refractivity contribution in [3.8, 4) is 16.8 Å². The van der Waals surface area contributed by atoms with Gasteiger partial charge in [-0.25, -0.2) is 40.9 Å². The maximum Gasteiger partial charge on any atom is 0.293 e. The SMILES string of the molecule is Cn1nc(NS(C)(=O)=O)c2c(Cl)ccc(-n3c([C@H](Cc4cc(F)cc(F)c4)NC(=O)Cn4nc(C(F)F)c5c4C(F)(F)[C@@H]4C[C@H]54)nc4cc(-c5cnc(C(C)(C)C)nc5)ccc4c3=O)c21. The first-order valence-electron chi connectivity index (χ1n) is 20.0. The predicted molar refractivity (Wildman–Crippen MR) is 228 cm³/mol. The lowest BCUT2D eigenvalue weighted by Gasteiger charge is -2.24. The number of nitrogens with zero attached hydrogens (tertiary/aromatic N) is 8. The second kappa shape index (κ2) is 15.4. The van der Waals surface area contributed by atoms with Crippen LogP contribution >= 0.6 is 11.6 Å². The fourth-order valence-corrected chi connectivity index (χ4v) is 9.36. The molecule has 4 aromatic heterocycles. The van der Waals surface area contributed by atoms with Crippen LogP contribution < -0.4 is 15.6 Å². The lowest BCUT2D eigenvalue weighted by molar-refractivity contribution is -0.123. The van der Waals surface area contributed by atoms with Crippen molar-refractivity contribution in [2.24, 2.45) is 13.0 Å². The zero-order valence-corrected chi connectivity index (χ0v) is 36.5. The number of sulfonamides is 1. The van der Waals surface area contributed by atoms with Gasteiger partial charge in [0.1, 0.15) is 41.2 Å². The van der Waals surface area contributed by atoms with Gasteiger partial charge in [0.15, 0.2) is 5.82 Å². The van der Waals surface area contributed by atoms with Gasteiger partial charge in [-0.05, 0) is 59.9 Å². The van der Waals surface area contributed by atoms with Crippen LogP contribution in [0.25, 0.3) is 38.6 Å². The van der Waals surface area contributed by atoms with Crippen LogP contribution in [0.15, 0.2) is 65.7 Å². The van der Waals surface area contributed by atoms with E-state index in [0.29, 0.717) is 27.7 Å². The van der Waals surface area contributed by atoms with Gasteiger partial charge in [0.25, 0.3) is 17.9 Å². The molecule has 1 amide bonds. The van der Waals surface area contributed by atoms with Gasteiger partial charge in [0, 0.05) is 54.4 Å². The smallest absolute Gasteiger partial charge is 0.293 e. The molecule has 22 heteroatoms. The number of halogens is 7. The fraction of sp³-hybridized carbons (Fsp3) is 0.326. The second-order valence-corrected chi connectivity index (χ2v) is 19.5. The quantitative estimate of drug-likeness (QED) is 0.123. The Balaban J connectivity index is 1.25. The predicted octanol–water partition coefficient (Wildman–Crippen LogP) is 7.77. The third-order valence-corrected chi connectivity index (χ3v) is 12.3. The Morgan fingerprint density at radius 1 is 1.00 bits per heavy atom. The molecule has 65 heavy (non-hydrogen) atoms. The molecule has 4 heterocycles. The van der Waals surface area contributed by atoms with E-state index in [1.54, 1.807) is 24.5 Å². The molecular formula is C43H37ClF6N10O4S. The van der Waals surface area contributed by atoms with E-state index in [9.17, 15) is 30.8 Å². The standard InChI is InChI=1S/C43H37ClF6N10O4S/c1-42(2,3)41-51-16-21(17-52-41)20-6-7-24-28(13-20)54-39(60(40(24)62)30-9-8-27(44)33-35(30)58(4)56-38(33)57-65(5,63)64)29(12-19-10-22(45)14-23(46)11-19)53-31(61)18-59-36-32(34(55-59)37(47)48)25-15-26(25)43(36,49)50/h6-11,13-14,16-17,25-26,29,37H,12,15,18H2,1-5H3,(H,53,61)(H,56,57)/t25-,26+,29-/m0/s1. The van der Waals surface area contributed by atoms with E-state index < -0.39 is 87.7 Å². The van der Waals surface area contributed by atoms with Crippen LogP contribution in [0.1, 0.15) is 79.7 Å². The average Bonchev–Trinajstić information content (AvgIpc) is 3.75. The highest BCUT2D eigenvalue weighted by Gasteiger charge is 2.67. The van der Waals surface area contributed by atoms with Crippen LogP contribution in [0, 0.1) is 17.6 Å². The summed E-state index contributed by atoms with van der Waals surface area (Å²) in [6, 6.07) is 8.58. The third-order valence-electron chi connectivity index (χ3n) is 11.5. The highest BCUT2D eigenvalue weighted by molar-refractivity contribution is 7.92. The van der Waals surface area contributed by atoms with E-state index >= 15 is 13.6 Å². The number of carbonyl (C=O) groups excluding carboxylic acids is 1. The molecule has 0 spiro atoms. The zero-order valence-electron chi connectivity index (χ0n) is 35.0. The highest BCUT2D eigenvalue weighted by Crippen LogP contribution is 2.68. The number of carbonyl (C=O) groups is 1. The Morgan fingerprint density at radius 3 is 2.34 bits per heavy atom. The van der Waals surface area contributed by atoms with Crippen LogP contribution in [0.5, 0.6) is 0 Å². The minimum Gasteiger partial charge on any atom is -0.344 e. The summed E-state index contributed by atoms with van der Waals surface area (Å²) in [4.78, 5) is 43.2. The summed E-state index contributed by atoms with van der Waals surface area (Å²) in [5.74, 6) is -8.49. The number of alkyl halides is 4. The van der Waals surface area contributed by atoms with E-state index in [0.717, 1.165) is 23.0 Å². The molecule has 3 aromatic carbocycles. The van der Waals surface area contributed by atoms with Crippen molar-refractivity contribution in [1.29, 1.82) is 0 Å². The number of fused-ring (bicyclic) bond motifs is 5. The third kappa shape index (κ3) is 7.87. The maximum absolute atomic E-state index is 15.6. The summed E-state index contributed by atoms with van der Waals surface area (Å²) >= 11 is 6.65. The maximum atomic E-state index is 15.6. The van der Waals surface area contributed by atoms with Crippen molar-refractivity contribution in [3.63, 3.8) is 0 Å². The number of rotatable bonds is 11. The number of amides is 1. The average molecular weight is 939 g/mol. The number of benzene rings is 3. The Labute approximate surface area is 370 Å². The fourth-order valence-electron chi connectivity index (χ4n) is 8.62. The molecule has 0 radical (unpaired) electrons. The topological polar surface area (TPSA) is 172 Å². The first kappa shape index (κ1) is 43.9. The molecule has 1 saturated carbocycles. The molecule has 338 valence electrons. The van der Waals surface area contributed by atoms with Crippen molar-refractivity contribution < 1.29 is 39.6 Å². The molecule has 9 rings (SSSR count). The van der Waals surface area contributed by atoms with Crippen molar-refractivity contribution in [2.45, 2.75) is 69.9 Å². The molecule has 14 nitrogen and oxygen atoms in total. The van der Waals surface area contributed by atoms with E-state index in [1.807, 2.05) is 20.8 Å². The normalized spacial score (nSPS) is 17.1. The van der Waals surface area contributed by atoms with Gasteiger partial charge in [-0.1, -0.05) is 38.4 Å². The van der Waals surface area contributed by atoms with Crippen LogP contribution in [0.3, 0.4) is 0 Å². The second-order valence-electron chi connectivity index (χ2n) is 17.3. The minimum atomic E-state index is -3.92. The Morgan fingerprint density at radius 2 is 1.69 bits per heavy atom. The lowest BCUT2D eigenvalue weighted by Crippen LogP contribution is -2.38. The van der Waals surface area contributed by atoms with Crippen LogP contribution in [-0.4, -0.2) is 59.7 Å². The van der Waals surface area contributed by atoms with Gasteiger partial charge in [-0.15, -0.1) is 0 Å². The molecule has 0 bridgehead atoms. The first-order valence-corrected chi connectivity index (χ1v) is 22.3. The van der Waals surface area contributed by atoms with Crippen molar-refractivity contribution in [2.75, 3.05) is 11.0 Å². The van der Waals surface area contributed by atoms with E-state index in [1.165, 1.54) is 29.9 Å². The van der Waals surface area contributed by atoms with Gasteiger partial charge in [0.05, 0.1) is 44.8 Å². The van der Waals surface area contributed by atoms with Gasteiger partial charge in [0.2, 0.25) is 15.9 Å². The number of nitrogens with one attached hydrogen (secondary N) is 2. The van der Waals surface area contributed by atoms with Gasteiger partial charge >= 0.3 is 0 Å². The van der Waals surface area contributed by atoms with Gasteiger partial charge in [-0.3, -0.25) is 28.2 Å². The molecule has 2 aliphatic rings. The minimum absolute atomic E-state index is 0.00749. The summed E-state index contributed by atoms with van der Waals surface area (Å²) in [6.45, 7) is 4.86. The molecule has 0 aliphatic heterocycles. The molecule has 3 atom stereocenters. The zero-order chi connectivity index (χ0) is 46.7. The monoisotopic (exact) mass is 938 g/mol. The molecule has 0 unspecified atom stereocenters. The number of hydrogen-bond donors (Lipinski definition) is 2. The summed E-state index contributed by atoms with van der Waals surface area (Å²) in [7, 11) is -2.46. The Bertz CT molecular complexity index is 3280. The van der Waals surface area contributed by atoms with Crippen LogP contribution in [0.4, 0.5) is 32.2 Å². The van der Waals surface area contributed by atoms with Gasteiger partial charge < -0.3 is 5.32 Å². The van der Waals surface area contributed by atoms with Crippen LogP contribution in [-0.2, 0) is 46.2 Å².